The number of sulfonamides is 4. The molecule has 0 aliphatic carbocycles. The number of hydrogen-bond acceptors (Lipinski definition) is 8. The van der Waals surface area contributed by atoms with Gasteiger partial charge in [0.15, 0.2) is 0 Å². The minimum absolute atomic E-state index is 0.0341. The van der Waals surface area contributed by atoms with E-state index >= 15 is 0 Å². The van der Waals surface area contributed by atoms with Crippen LogP contribution in [0.3, 0.4) is 0 Å². The summed E-state index contributed by atoms with van der Waals surface area (Å²) in [6.45, 7) is 7.99. The molecule has 188 valence electrons. The van der Waals surface area contributed by atoms with Crippen molar-refractivity contribution in [1.82, 2.24) is 18.9 Å². The second-order valence-electron chi connectivity index (χ2n) is 7.79. The zero-order valence-corrected chi connectivity index (χ0v) is 22.1. The molecule has 0 heterocycles. The molecule has 0 bridgehead atoms. The molecule has 16 heteroatoms. The van der Waals surface area contributed by atoms with E-state index in [2.05, 4.69) is 4.72 Å². The van der Waals surface area contributed by atoms with Crippen LogP contribution in [-0.4, -0.2) is 66.2 Å². The van der Waals surface area contributed by atoms with Crippen LogP contribution in [0.15, 0.2) is 0 Å². The summed E-state index contributed by atoms with van der Waals surface area (Å²) < 4.78 is 100. The fourth-order valence-corrected chi connectivity index (χ4v) is 7.56. The topological polar surface area (TPSA) is 176 Å². The molecular formula is C15H36N4O8S4. The van der Waals surface area contributed by atoms with Crippen LogP contribution in [-0.2, 0) is 40.1 Å². The SMILES string of the molecule is CCCCS(=O)(=O)NN(NS(=O)(=O)C(C)CC)S(=O)(=O)C(C)(C)CNS(=O)(=O)CCC. The van der Waals surface area contributed by atoms with Crippen LogP contribution in [0.4, 0.5) is 0 Å². The molecule has 12 nitrogen and oxygen atoms in total. The van der Waals surface area contributed by atoms with E-state index < -0.39 is 62.4 Å². The van der Waals surface area contributed by atoms with Crippen molar-refractivity contribution in [2.45, 2.75) is 77.2 Å². The standard InChI is InChI=1S/C15H36N4O8S4/c1-7-10-12-29(22,23)17-19(18-30(24,25)14(4)9-3)31(26,27)15(5,6)13-16-28(20,21)11-8-2/h14,16-18H,7-13H2,1-6H3. The van der Waals surface area contributed by atoms with Crippen molar-refractivity contribution in [3.63, 3.8) is 0 Å². The molecular weight excluding hydrogens is 492 g/mol. The molecule has 1 unspecified atom stereocenters. The highest BCUT2D eigenvalue weighted by molar-refractivity contribution is 7.94. The Morgan fingerprint density at radius 3 is 1.81 bits per heavy atom. The molecule has 0 aliphatic rings. The quantitative estimate of drug-likeness (QED) is 0.234. The Balaban J connectivity index is 6.11. The smallest absolute Gasteiger partial charge is 0.214 e. The summed E-state index contributed by atoms with van der Waals surface area (Å²) in [5, 5.41) is -1.02. The number of nitrogens with zero attached hydrogens (tertiary/aromatic N) is 1. The molecule has 0 saturated heterocycles. The maximum atomic E-state index is 13.2. The number of unbranched alkanes of at least 4 members (excludes halogenated alkanes) is 1. The molecule has 0 aromatic carbocycles. The lowest BCUT2D eigenvalue weighted by molar-refractivity contribution is 0.328. The molecule has 0 fully saturated rings. The molecule has 0 amide bonds. The van der Waals surface area contributed by atoms with E-state index in [-0.39, 0.29) is 23.1 Å². The first-order valence-corrected chi connectivity index (χ1v) is 16.2. The Bertz CT molecular complexity index is 990. The minimum atomic E-state index is -4.75. The van der Waals surface area contributed by atoms with Crippen LogP contribution in [0, 0.1) is 0 Å². The van der Waals surface area contributed by atoms with E-state index in [1.165, 1.54) is 6.92 Å². The van der Waals surface area contributed by atoms with Gasteiger partial charge in [-0.15, -0.1) is 9.66 Å². The third-order valence-corrected chi connectivity index (χ3v) is 11.5. The minimum Gasteiger partial charge on any atom is -0.214 e. The predicted molar refractivity (Wildman–Crippen MR) is 121 cm³/mol. The molecule has 1 atom stereocenters. The van der Waals surface area contributed by atoms with Gasteiger partial charge in [-0.3, -0.25) is 0 Å². The fourth-order valence-electron chi connectivity index (χ4n) is 2.01. The normalized spacial score (nSPS) is 15.3. The Labute approximate surface area is 187 Å². The van der Waals surface area contributed by atoms with E-state index in [0.717, 1.165) is 13.8 Å². The Hall–Kier alpha value is -0.360. The highest BCUT2D eigenvalue weighted by Gasteiger charge is 2.44. The third kappa shape index (κ3) is 9.57. The highest BCUT2D eigenvalue weighted by Crippen LogP contribution is 2.20. The van der Waals surface area contributed by atoms with Crippen molar-refractivity contribution in [2.75, 3.05) is 18.1 Å². The van der Waals surface area contributed by atoms with E-state index in [9.17, 15) is 33.7 Å². The van der Waals surface area contributed by atoms with Crippen LogP contribution in [0.25, 0.3) is 0 Å². The Morgan fingerprint density at radius 1 is 0.806 bits per heavy atom. The molecule has 0 aromatic heterocycles. The van der Waals surface area contributed by atoms with Gasteiger partial charge in [0.1, 0.15) is 0 Å². The second kappa shape index (κ2) is 11.7. The molecule has 0 aliphatic heterocycles. The molecule has 0 saturated carbocycles. The fraction of sp³-hybridized carbons (Fsp3) is 1.00. The van der Waals surface area contributed by atoms with Crippen molar-refractivity contribution in [3.8, 4) is 0 Å². The summed E-state index contributed by atoms with van der Waals surface area (Å²) in [5.41, 5.74) is 0. The first-order valence-electron chi connectivity index (χ1n) is 9.91. The van der Waals surface area contributed by atoms with Gasteiger partial charge in [0, 0.05) is 6.54 Å². The first-order chi connectivity index (χ1) is 13.9. The average molecular weight is 529 g/mol. The van der Waals surface area contributed by atoms with Crippen LogP contribution in [0.2, 0.25) is 0 Å². The van der Waals surface area contributed by atoms with Gasteiger partial charge in [-0.05, 0) is 44.6 Å². The predicted octanol–water partition coefficient (Wildman–Crippen LogP) is -0.00640. The lowest BCUT2D eigenvalue weighted by atomic mass is 10.2. The van der Waals surface area contributed by atoms with E-state index in [1.54, 1.807) is 30.4 Å². The maximum Gasteiger partial charge on any atom is 0.248 e. The molecule has 0 rings (SSSR count). The van der Waals surface area contributed by atoms with Gasteiger partial charge in [-0.1, -0.05) is 27.2 Å². The van der Waals surface area contributed by atoms with Gasteiger partial charge in [-0.2, -0.15) is 0 Å². The number of hydrazine groups is 2. The number of hydrogen-bond donors (Lipinski definition) is 3. The summed E-state index contributed by atoms with van der Waals surface area (Å²) in [6, 6.07) is 0. The van der Waals surface area contributed by atoms with Gasteiger partial charge < -0.3 is 0 Å². The van der Waals surface area contributed by atoms with E-state index in [1.807, 2.05) is 0 Å². The lowest BCUT2D eigenvalue weighted by Crippen LogP contribution is -2.63. The first kappa shape index (κ1) is 30.6. The summed E-state index contributed by atoms with van der Waals surface area (Å²) in [6.07, 6.45) is 1.19. The summed E-state index contributed by atoms with van der Waals surface area (Å²) in [4.78, 5) is 3.58. The summed E-state index contributed by atoms with van der Waals surface area (Å²) >= 11 is 0. The number of rotatable bonds is 16. The van der Waals surface area contributed by atoms with Crippen molar-refractivity contribution < 1.29 is 33.7 Å². The largest absolute Gasteiger partial charge is 0.248 e. The lowest BCUT2D eigenvalue weighted by Gasteiger charge is -2.32. The zero-order chi connectivity index (χ0) is 24.7. The average Bonchev–Trinajstić information content (AvgIpc) is 2.63. The molecule has 0 aromatic rings. The van der Waals surface area contributed by atoms with E-state index in [0.29, 0.717) is 12.8 Å². The molecule has 31 heavy (non-hydrogen) atoms. The van der Waals surface area contributed by atoms with Crippen molar-refractivity contribution >= 4 is 40.1 Å². The van der Waals surface area contributed by atoms with Gasteiger partial charge in [-0.25, -0.2) is 38.4 Å². The Kier molecular flexibility index (Phi) is 11.5. The van der Waals surface area contributed by atoms with Crippen LogP contribution < -0.4 is 14.4 Å². The maximum absolute atomic E-state index is 13.2. The van der Waals surface area contributed by atoms with Crippen molar-refractivity contribution in [2.24, 2.45) is 0 Å². The number of nitrogens with one attached hydrogen (secondary N) is 3. The summed E-state index contributed by atoms with van der Waals surface area (Å²) in [7, 11) is -17.0. The van der Waals surface area contributed by atoms with Crippen molar-refractivity contribution in [1.29, 1.82) is 0 Å². The monoisotopic (exact) mass is 528 g/mol. The van der Waals surface area contributed by atoms with Crippen LogP contribution in [0.1, 0.15) is 67.2 Å². The third-order valence-electron chi connectivity index (χ3n) is 4.43. The van der Waals surface area contributed by atoms with Gasteiger partial charge in [0.25, 0.3) is 0 Å². The van der Waals surface area contributed by atoms with Crippen LogP contribution >= 0.6 is 0 Å². The Morgan fingerprint density at radius 2 is 1.35 bits per heavy atom. The van der Waals surface area contributed by atoms with Gasteiger partial charge in [0.2, 0.25) is 40.1 Å². The van der Waals surface area contributed by atoms with Gasteiger partial charge >= 0.3 is 0 Å². The highest BCUT2D eigenvalue weighted by atomic mass is 32.2. The summed E-state index contributed by atoms with van der Waals surface area (Å²) in [5.74, 6) is -0.652. The molecule has 3 N–H and O–H groups in total. The van der Waals surface area contributed by atoms with Crippen molar-refractivity contribution in [3.05, 3.63) is 0 Å². The van der Waals surface area contributed by atoms with Crippen LogP contribution in [0.5, 0.6) is 0 Å². The zero-order valence-electron chi connectivity index (χ0n) is 18.9. The molecule has 0 radical (unpaired) electrons. The second-order valence-corrected chi connectivity index (χ2v) is 16.0. The van der Waals surface area contributed by atoms with E-state index in [4.69, 9.17) is 0 Å². The van der Waals surface area contributed by atoms with Gasteiger partial charge in [0.05, 0.1) is 21.5 Å². The molecule has 0 spiro atoms.